The summed E-state index contributed by atoms with van der Waals surface area (Å²) in [6.45, 7) is 1.77. The zero-order valence-electron chi connectivity index (χ0n) is 9.97. The van der Waals surface area contributed by atoms with E-state index in [-0.39, 0.29) is 21.4 Å². The van der Waals surface area contributed by atoms with Gasteiger partial charge in [0.05, 0.1) is 21.4 Å². The smallest absolute Gasteiger partial charge is 0.162 e. The maximum Gasteiger partial charge on any atom is 0.162 e. The van der Waals surface area contributed by atoms with Crippen LogP contribution in [0.25, 0.3) is 0 Å². The lowest BCUT2D eigenvalue weighted by atomic mass is 10.2. The molecule has 0 aromatic heterocycles. The van der Waals surface area contributed by atoms with Crippen LogP contribution >= 0.6 is 15.9 Å². The van der Waals surface area contributed by atoms with Crippen molar-refractivity contribution in [2.24, 2.45) is 0 Å². The van der Waals surface area contributed by atoms with E-state index in [4.69, 9.17) is 5.26 Å². The molecule has 0 atom stereocenters. The van der Waals surface area contributed by atoms with E-state index in [2.05, 4.69) is 21.2 Å². The highest BCUT2D eigenvalue weighted by Gasteiger charge is 2.12. The van der Waals surface area contributed by atoms with E-state index < -0.39 is 11.6 Å². The number of nitriles is 1. The number of nitrogens with one attached hydrogen (secondary N) is 1. The van der Waals surface area contributed by atoms with Gasteiger partial charge in [-0.25, -0.2) is 8.78 Å². The first-order valence-corrected chi connectivity index (χ1v) is 6.23. The largest absolute Gasteiger partial charge is 0.351 e. The number of hydrogen-bond donors (Lipinski definition) is 1. The average molecular weight is 323 g/mol. The highest BCUT2D eigenvalue weighted by molar-refractivity contribution is 9.10. The van der Waals surface area contributed by atoms with Gasteiger partial charge in [0.2, 0.25) is 0 Å². The molecule has 0 radical (unpaired) electrons. The van der Waals surface area contributed by atoms with Crippen molar-refractivity contribution in [3.05, 3.63) is 57.6 Å². The van der Waals surface area contributed by atoms with Crippen LogP contribution in [-0.2, 0) is 0 Å². The highest BCUT2D eigenvalue weighted by atomic mass is 79.9. The van der Waals surface area contributed by atoms with E-state index in [1.807, 2.05) is 6.07 Å². The summed E-state index contributed by atoms with van der Waals surface area (Å²) < 4.78 is 27.7. The average Bonchev–Trinajstić information content (AvgIpc) is 2.38. The second-order valence-electron chi connectivity index (χ2n) is 4.01. The topological polar surface area (TPSA) is 35.8 Å². The Morgan fingerprint density at radius 2 is 1.84 bits per heavy atom. The van der Waals surface area contributed by atoms with Crippen LogP contribution in [0.5, 0.6) is 0 Å². The van der Waals surface area contributed by atoms with Gasteiger partial charge in [-0.1, -0.05) is 6.07 Å². The van der Waals surface area contributed by atoms with Crippen LogP contribution in [0.3, 0.4) is 0 Å². The minimum atomic E-state index is -0.626. The van der Waals surface area contributed by atoms with Gasteiger partial charge < -0.3 is 5.32 Å². The molecule has 1 N–H and O–H groups in total. The minimum absolute atomic E-state index is 0.0625. The molecule has 2 nitrogen and oxygen atoms in total. The van der Waals surface area contributed by atoms with Gasteiger partial charge in [-0.15, -0.1) is 0 Å². The molecule has 0 saturated carbocycles. The highest BCUT2D eigenvalue weighted by Crippen LogP contribution is 2.29. The van der Waals surface area contributed by atoms with E-state index in [1.54, 1.807) is 13.0 Å². The number of nitrogens with zero attached hydrogens (tertiary/aromatic N) is 1. The van der Waals surface area contributed by atoms with Crippen molar-refractivity contribution in [3.63, 3.8) is 0 Å². The fraction of sp³-hybridized carbons (Fsp3) is 0.0714. The quantitative estimate of drug-likeness (QED) is 0.873. The minimum Gasteiger partial charge on any atom is -0.351 e. The fourth-order valence-electron chi connectivity index (χ4n) is 1.60. The van der Waals surface area contributed by atoms with Crippen molar-refractivity contribution in [2.75, 3.05) is 5.32 Å². The van der Waals surface area contributed by atoms with Crippen LogP contribution in [0.4, 0.5) is 20.2 Å². The molecule has 2 aromatic rings. The Morgan fingerprint density at radius 1 is 1.16 bits per heavy atom. The molecule has 0 aliphatic rings. The van der Waals surface area contributed by atoms with Crippen molar-refractivity contribution < 1.29 is 8.78 Å². The summed E-state index contributed by atoms with van der Waals surface area (Å²) in [7, 11) is 0. The standard InChI is InChI=1S/C14H9BrF2N2/c1-8-2-4-11(10(16)6-8)19-12-5-3-9(7-18)13(15)14(12)17/h2-6,19H,1H3. The summed E-state index contributed by atoms with van der Waals surface area (Å²) in [6.07, 6.45) is 0. The molecular formula is C14H9BrF2N2. The zero-order chi connectivity index (χ0) is 14.0. The molecule has 0 fully saturated rings. The normalized spacial score (nSPS) is 10.1. The molecule has 0 saturated heterocycles. The van der Waals surface area contributed by atoms with Crippen molar-refractivity contribution in [1.29, 1.82) is 5.26 Å². The summed E-state index contributed by atoms with van der Waals surface area (Å²) in [5, 5.41) is 11.4. The van der Waals surface area contributed by atoms with Crippen LogP contribution < -0.4 is 5.32 Å². The monoisotopic (exact) mass is 322 g/mol. The zero-order valence-corrected chi connectivity index (χ0v) is 11.6. The Hall–Kier alpha value is -1.93. The second-order valence-corrected chi connectivity index (χ2v) is 4.80. The van der Waals surface area contributed by atoms with Gasteiger partial charge in [0, 0.05) is 0 Å². The van der Waals surface area contributed by atoms with Crippen LogP contribution in [0.1, 0.15) is 11.1 Å². The van der Waals surface area contributed by atoms with Crippen LogP contribution in [0, 0.1) is 29.9 Å². The maximum atomic E-state index is 14.0. The van der Waals surface area contributed by atoms with E-state index in [0.717, 1.165) is 5.56 Å². The van der Waals surface area contributed by atoms with Crippen LogP contribution in [0.2, 0.25) is 0 Å². The predicted molar refractivity (Wildman–Crippen MR) is 73.2 cm³/mol. The summed E-state index contributed by atoms with van der Waals surface area (Å²) in [5.74, 6) is -1.08. The molecule has 5 heteroatoms. The third-order valence-corrected chi connectivity index (χ3v) is 3.37. The number of hydrogen-bond acceptors (Lipinski definition) is 2. The van der Waals surface area contributed by atoms with Gasteiger partial charge in [-0.05, 0) is 52.7 Å². The van der Waals surface area contributed by atoms with Crippen molar-refractivity contribution in [1.82, 2.24) is 0 Å². The molecule has 0 aliphatic carbocycles. The lowest BCUT2D eigenvalue weighted by Gasteiger charge is -2.10. The van der Waals surface area contributed by atoms with Gasteiger partial charge in [0.25, 0.3) is 0 Å². The van der Waals surface area contributed by atoms with E-state index in [1.165, 1.54) is 24.3 Å². The summed E-state index contributed by atoms with van der Waals surface area (Å²) >= 11 is 3.00. The Labute approximate surface area is 117 Å². The number of anilines is 2. The SMILES string of the molecule is Cc1ccc(Nc2ccc(C#N)c(Br)c2F)c(F)c1. The lowest BCUT2D eigenvalue weighted by Crippen LogP contribution is -1.98. The number of halogens is 3. The van der Waals surface area contributed by atoms with Gasteiger partial charge in [-0.2, -0.15) is 5.26 Å². The lowest BCUT2D eigenvalue weighted by molar-refractivity contribution is 0.620. The molecule has 0 spiro atoms. The van der Waals surface area contributed by atoms with Gasteiger partial charge in [0.15, 0.2) is 5.82 Å². The first kappa shape index (κ1) is 13.5. The third kappa shape index (κ3) is 2.74. The molecule has 0 unspecified atom stereocenters. The molecule has 0 amide bonds. The number of aryl methyl sites for hydroxylation is 1. The van der Waals surface area contributed by atoms with Gasteiger partial charge in [-0.3, -0.25) is 0 Å². The van der Waals surface area contributed by atoms with E-state index in [9.17, 15) is 8.78 Å². The number of rotatable bonds is 2. The molecule has 0 aliphatic heterocycles. The second kappa shape index (κ2) is 5.37. The number of benzene rings is 2. The summed E-state index contributed by atoms with van der Waals surface area (Å²) in [6, 6.07) is 9.34. The van der Waals surface area contributed by atoms with E-state index >= 15 is 0 Å². The first-order valence-electron chi connectivity index (χ1n) is 5.44. The van der Waals surface area contributed by atoms with Crippen LogP contribution in [-0.4, -0.2) is 0 Å². The van der Waals surface area contributed by atoms with Crippen molar-refractivity contribution >= 4 is 27.3 Å². The molecule has 0 bridgehead atoms. The molecule has 96 valence electrons. The maximum absolute atomic E-state index is 14.0. The summed E-state index contributed by atoms with van der Waals surface area (Å²) in [5.41, 5.74) is 1.26. The van der Waals surface area contributed by atoms with Gasteiger partial charge in [0.1, 0.15) is 11.9 Å². The molecule has 2 rings (SSSR count). The molecule has 2 aromatic carbocycles. The van der Waals surface area contributed by atoms with Crippen molar-refractivity contribution in [3.8, 4) is 6.07 Å². The first-order chi connectivity index (χ1) is 9.02. The molecule has 0 heterocycles. The molecule has 19 heavy (non-hydrogen) atoms. The Kier molecular flexibility index (Phi) is 3.82. The fourth-order valence-corrected chi connectivity index (χ4v) is 2.03. The Balaban J connectivity index is 2.39. The van der Waals surface area contributed by atoms with E-state index in [0.29, 0.717) is 0 Å². The van der Waals surface area contributed by atoms with Crippen molar-refractivity contribution in [2.45, 2.75) is 6.92 Å². The predicted octanol–water partition coefficient (Wildman–Crippen LogP) is 4.65. The van der Waals surface area contributed by atoms with Gasteiger partial charge >= 0.3 is 0 Å². The Bertz CT molecular complexity index is 678. The summed E-state index contributed by atoms with van der Waals surface area (Å²) in [4.78, 5) is 0. The molecular weight excluding hydrogens is 314 g/mol. The third-order valence-electron chi connectivity index (χ3n) is 2.60. The Morgan fingerprint density at radius 3 is 2.47 bits per heavy atom. The van der Waals surface area contributed by atoms with Crippen LogP contribution in [0.15, 0.2) is 34.8 Å².